The lowest BCUT2D eigenvalue weighted by molar-refractivity contribution is 0.103. The largest absolute Gasteiger partial charge is 0.338 e. The molecule has 2 aromatic rings. The predicted octanol–water partition coefficient (Wildman–Crippen LogP) is 1.65. The predicted molar refractivity (Wildman–Crippen MR) is 87.6 cm³/mol. The first-order valence-electron chi connectivity index (χ1n) is 7.60. The van der Waals surface area contributed by atoms with Gasteiger partial charge in [-0.15, -0.1) is 11.3 Å². The van der Waals surface area contributed by atoms with Crippen LogP contribution in [0.1, 0.15) is 19.7 Å². The molecule has 6 nitrogen and oxygen atoms in total. The highest BCUT2D eigenvalue weighted by atomic mass is 32.1. The van der Waals surface area contributed by atoms with Crippen LogP contribution >= 0.6 is 11.3 Å². The first-order valence-corrected chi connectivity index (χ1v) is 8.48. The molecular formula is C15H23N5OS. The van der Waals surface area contributed by atoms with Crippen molar-refractivity contribution >= 4 is 11.3 Å². The van der Waals surface area contributed by atoms with Gasteiger partial charge in [-0.05, 0) is 25.3 Å². The fourth-order valence-corrected chi connectivity index (χ4v) is 3.35. The van der Waals surface area contributed by atoms with Crippen LogP contribution < -0.4 is 5.73 Å². The molecule has 0 radical (unpaired) electrons. The lowest BCUT2D eigenvalue weighted by Crippen LogP contribution is -2.52. The van der Waals surface area contributed by atoms with Crippen LogP contribution in [0.15, 0.2) is 22.0 Å². The van der Waals surface area contributed by atoms with Gasteiger partial charge in [-0.25, -0.2) is 0 Å². The molecule has 2 N–H and O–H groups in total. The van der Waals surface area contributed by atoms with E-state index in [1.807, 2.05) is 17.5 Å². The van der Waals surface area contributed by atoms with Crippen molar-refractivity contribution in [3.05, 3.63) is 23.4 Å². The summed E-state index contributed by atoms with van der Waals surface area (Å²) in [4.78, 5) is 10.3. The van der Waals surface area contributed by atoms with Gasteiger partial charge in [-0.1, -0.05) is 11.2 Å². The average molecular weight is 321 g/mol. The van der Waals surface area contributed by atoms with Crippen molar-refractivity contribution in [2.75, 3.05) is 32.7 Å². The van der Waals surface area contributed by atoms with Crippen LogP contribution in [0.4, 0.5) is 0 Å². The van der Waals surface area contributed by atoms with Gasteiger partial charge in [0.15, 0.2) is 0 Å². The van der Waals surface area contributed by atoms with Crippen molar-refractivity contribution in [1.82, 2.24) is 19.9 Å². The number of piperazine rings is 1. The molecule has 120 valence electrons. The Bertz CT molecular complexity index is 581. The Labute approximate surface area is 134 Å². The van der Waals surface area contributed by atoms with Gasteiger partial charge < -0.3 is 10.3 Å². The van der Waals surface area contributed by atoms with Crippen LogP contribution in [0, 0.1) is 0 Å². The molecule has 1 aliphatic rings. The number of nitrogens with zero attached hydrogens (tertiary/aromatic N) is 4. The molecule has 2 aromatic heterocycles. The van der Waals surface area contributed by atoms with Crippen LogP contribution in [0.5, 0.6) is 0 Å². The molecule has 0 saturated carbocycles. The zero-order valence-corrected chi connectivity index (χ0v) is 14.0. The SMILES string of the molecule is CC(C)(N)CN1CCN(Cc2nc(-c3cccs3)no2)CC1. The Morgan fingerprint density at radius 3 is 2.64 bits per heavy atom. The van der Waals surface area contributed by atoms with Gasteiger partial charge >= 0.3 is 0 Å². The van der Waals surface area contributed by atoms with E-state index in [2.05, 4.69) is 33.8 Å². The maximum Gasteiger partial charge on any atom is 0.241 e. The highest BCUT2D eigenvalue weighted by Crippen LogP contribution is 2.21. The summed E-state index contributed by atoms with van der Waals surface area (Å²) in [6.45, 7) is 9.88. The molecule has 1 aliphatic heterocycles. The second kappa shape index (κ2) is 6.45. The van der Waals surface area contributed by atoms with Gasteiger partial charge in [-0.3, -0.25) is 9.80 Å². The molecule has 0 unspecified atom stereocenters. The molecule has 7 heteroatoms. The Hall–Kier alpha value is -1.28. The van der Waals surface area contributed by atoms with E-state index in [9.17, 15) is 0 Å². The number of hydrogen-bond acceptors (Lipinski definition) is 7. The Kier molecular flexibility index (Phi) is 4.58. The fourth-order valence-electron chi connectivity index (χ4n) is 2.70. The number of thiophene rings is 1. The van der Waals surface area contributed by atoms with Crippen molar-refractivity contribution in [1.29, 1.82) is 0 Å². The minimum Gasteiger partial charge on any atom is -0.338 e. The molecule has 0 amide bonds. The lowest BCUT2D eigenvalue weighted by atomic mass is 10.1. The van der Waals surface area contributed by atoms with Crippen LogP contribution in [0.3, 0.4) is 0 Å². The van der Waals surface area contributed by atoms with Crippen LogP contribution in [0.2, 0.25) is 0 Å². The molecule has 0 bridgehead atoms. The molecule has 1 fully saturated rings. The summed E-state index contributed by atoms with van der Waals surface area (Å²) < 4.78 is 5.37. The lowest BCUT2D eigenvalue weighted by Gasteiger charge is -2.37. The standard InChI is InChI=1S/C15H23N5OS/c1-15(2,16)11-20-7-5-19(6-8-20)10-13-17-14(18-21-13)12-4-3-9-22-12/h3-4,9H,5-8,10-11,16H2,1-2H3. The van der Waals surface area contributed by atoms with Gasteiger partial charge in [0.2, 0.25) is 11.7 Å². The van der Waals surface area contributed by atoms with Crippen LogP contribution in [-0.4, -0.2) is 58.2 Å². The van der Waals surface area contributed by atoms with Gasteiger partial charge in [-0.2, -0.15) is 4.98 Å². The van der Waals surface area contributed by atoms with E-state index in [1.54, 1.807) is 11.3 Å². The maximum atomic E-state index is 6.09. The first kappa shape index (κ1) is 15.6. The average Bonchev–Trinajstić information content (AvgIpc) is 3.10. The molecular weight excluding hydrogens is 298 g/mol. The molecule has 0 spiro atoms. The van der Waals surface area contributed by atoms with Crippen molar-refractivity contribution in [2.45, 2.75) is 25.9 Å². The quantitative estimate of drug-likeness (QED) is 0.903. The molecule has 0 aliphatic carbocycles. The van der Waals surface area contributed by atoms with Crippen molar-refractivity contribution in [3.8, 4) is 10.7 Å². The normalized spacial score (nSPS) is 18.0. The molecule has 0 aromatic carbocycles. The highest BCUT2D eigenvalue weighted by molar-refractivity contribution is 7.13. The number of hydrogen-bond donors (Lipinski definition) is 1. The van der Waals surface area contributed by atoms with Crippen LogP contribution in [-0.2, 0) is 6.54 Å². The Balaban J connectivity index is 1.51. The minimum absolute atomic E-state index is 0.135. The summed E-state index contributed by atoms with van der Waals surface area (Å²) in [7, 11) is 0. The topological polar surface area (TPSA) is 71.4 Å². The summed E-state index contributed by atoms with van der Waals surface area (Å²) in [6.07, 6.45) is 0. The van der Waals surface area contributed by atoms with Crippen molar-refractivity contribution < 1.29 is 4.52 Å². The summed E-state index contributed by atoms with van der Waals surface area (Å²) in [5.74, 6) is 1.38. The van der Waals surface area contributed by atoms with E-state index >= 15 is 0 Å². The molecule has 0 atom stereocenters. The van der Waals surface area contributed by atoms with E-state index < -0.39 is 0 Å². The smallest absolute Gasteiger partial charge is 0.241 e. The molecule has 22 heavy (non-hydrogen) atoms. The second-order valence-corrected chi connectivity index (χ2v) is 7.48. The van der Waals surface area contributed by atoms with Gasteiger partial charge in [0.25, 0.3) is 0 Å². The van der Waals surface area contributed by atoms with Gasteiger partial charge in [0.1, 0.15) is 0 Å². The third-order valence-electron chi connectivity index (χ3n) is 3.66. The number of rotatable bonds is 5. The number of aromatic nitrogens is 2. The van der Waals surface area contributed by atoms with E-state index in [1.165, 1.54) is 0 Å². The summed E-state index contributed by atoms with van der Waals surface area (Å²) in [5, 5.41) is 6.08. The highest BCUT2D eigenvalue weighted by Gasteiger charge is 2.23. The summed E-state index contributed by atoms with van der Waals surface area (Å²) in [5.41, 5.74) is 5.95. The van der Waals surface area contributed by atoms with Crippen molar-refractivity contribution in [3.63, 3.8) is 0 Å². The molecule has 3 heterocycles. The minimum atomic E-state index is -0.135. The van der Waals surface area contributed by atoms with E-state index in [0.29, 0.717) is 11.7 Å². The molecule has 1 saturated heterocycles. The summed E-state index contributed by atoms with van der Waals surface area (Å²) >= 11 is 1.62. The monoisotopic (exact) mass is 321 g/mol. The first-order chi connectivity index (χ1) is 10.5. The third-order valence-corrected chi connectivity index (χ3v) is 4.53. The zero-order valence-electron chi connectivity index (χ0n) is 13.2. The van der Waals surface area contributed by atoms with Gasteiger partial charge in [0, 0.05) is 38.3 Å². The van der Waals surface area contributed by atoms with E-state index in [4.69, 9.17) is 10.3 Å². The maximum absolute atomic E-state index is 6.09. The Morgan fingerprint density at radius 1 is 1.27 bits per heavy atom. The van der Waals surface area contributed by atoms with E-state index in [-0.39, 0.29) is 5.54 Å². The van der Waals surface area contributed by atoms with Crippen molar-refractivity contribution in [2.24, 2.45) is 5.73 Å². The Morgan fingerprint density at radius 2 is 2.00 bits per heavy atom. The van der Waals surface area contributed by atoms with E-state index in [0.717, 1.165) is 44.1 Å². The third kappa shape index (κ3) is 4.13. The van der Waals surface area contributed by atoms with Gasteiger partial charge in [0.05, 0.1) is 11.4 Å². The zero-order chi connectivity index (χ0) is 15.6. The fraction of sp³-hybridized carbons (Fsp3) is 0.600. The van der Waals surface area contributed by atoms with Crippen LogP contribution in [0.25, 0.3) is 10.7 Å². The summed E-state index contributed by atoms with van der Waals surface area (Å²) in [6, 6.07) is 4.00. The number of nitrogens with two attached hydrogens (primary N) is 1. The second-order valence-electron chi connectivity index (χ2n) is 6.53. The molecule has 3 rings (SSSR count).